The van der Waals surface area contributed by atoms with Crippen molar-refractivity contribution in [3.05, 3.63) is 47.5 Å². The Labute approximate surface area is 175 Å². The van der Waals surface area contributed by atoms with Crippen molar-refractivity contribution in [1.82, 2.24) is 25.0 Å². The summed E-state index contributed by atoms with van der Waals surface area (Å²) in [5.41, 5.74) is 3.98. The Kier molecular flexibility index (Phi) is 6.37. The van der Waals surface area contributed by atoms with Crippen LogP contribution in [-0.2, 0) is 16.6 Å². The molecule has 0 spiro atoms. The van der Waals surface area contributed by atoms with Crippen molar-refractivity contribution in [1.29, 1.82) is 0 Å². The molecule has 0 saturated heterocycles. The first-order valence-corrected chi connectivity index (χ1v) is 11.1. The van der Waals surface area contributed by atoms with Gasteiger partial charge in [-0.05, 0) is 63.1 Å². The van der Waals surface area contributed by atoms with Gasteiger partial charge in [0.2, 0.25) is 10.0 Å². The number of urea groups is 1. The van der Waals surface area contributed by atoms with Gasteiger partial charge in [0.15, 0.2) is 0 Å². The van der Waals surface area contributed by atoms with E-state index in [0.29, 0.717) is 24.1 Å². The third-order valence-electron chi connectivity index (χ3n) is 4.44. The van der Waals surface area contributed by atoms with Gasteiger partial charge in [-0.1, -0.05) is 17.3 Å². The Bertz CT molecular complexity index is 1170. The number of rotatable bonds is 7. The molecule has 3 rings (SSSR count). The number of hydrogen-bond donors (Lipinski definition) is 3. The van der Waals surface area contributed by atoms with Gasteiger partial charge < -0.3 is 10.6 Å². The first kappa shape index (κ1) is 21.7. The van der Waals surface area contributed by atoms with Gasteiger partial charge in [0.05, 0.1) is 17.0 Å². The predicted molar refractivity (Wildman–Crippen MR) is 116 cm³/mol. The van der Waals surface area contributed by atoms with Crippen LogP contribution in [0, 0.1) is 13.8 Å². The number of nitrogens with zero attached hydrogens (tertiary/aromatic N) is 3. The fraction of sp³-hybridized carbons (Fsp3) is 0.350. The van der Waals surface area contributed by atoms with E-state index in [9.17, 15) is 13.2 Å². The van der Waals surface area contributed by atoms with E-state index in [1.807, 2.05) is 32.0 Å². The van der Waals surface area contributed by atoms with Crippen LogP contribution in [0.2, 0.25) is 0 Å². The van der Waals surface area contributed by atoms with Crippen LogP contribution < -0.4 is 15.4 Å². The van der Waals surface area contributed by atoms with Crippen molar-refractivity contribution in [2.75, 3.05) is 11.9 Å². The van der Waals surface area contributed by atoms with E-state index in [0.717, 1.165) is 16.8 Å². The summed E-state index contributed by atoms with van der Waals surface area (Å²) >= 11 is 0. The van der Waals surface area contributed by atoms with Crippen LogP contribution >= 0.6 is 0 Å². The van der Waals surface area contributed by atoms with Crippen LogP contribution in [-0.4, -0.2) is 42.0 Å². The van der Waals surface area contributed by atoms with Crippen LogP contribution in [0.1, 0.15) is 25.0 Å². The number of anilines is 1. The molecule has 0 bridgehead atoms. The summed E-state index contributed by atoms with van der Waals surface area (Å²) in [7, 11) is -3.60. The van der Waals surface area contributed by atoms with Crippen molar-refractivity contribution in [3.63, 3.8) is 0 Å². The number of fused-ring (bicyclic) bond motifs is 1. The maximum absolute atomic E-state index is 12.3. The van der Waals surface area contributed by atoms with Crippen molar-refractivity contribution in [3.8, 4) is 0 Å². The van der Waals surface area contributed by atoms with Crippen molar-refractivity contribution >= 4 is 32.8 Å². The fourth-order valence-corrected chi connectivity index (χ4v) is 4.25. The van der Waals surface area contributed by atoms with E-state index in [1.165, 1.54) is 12.1 Å². The van der Waals surface area contributed by atoms with Gasteiger partial charge in [-0.3, -0.25) is 0 Å². The molecule has 0 atom stereocenters. The Morgan fingerprint density at radius 2 is 1.90 bits per heavy atom. The van der Waals surface area contributed by atoms with Gasteiger partial charge in [0, 0.05) is 18.3 Å². The number of benzene rings is 2. The molecule has 2 aromatic carbocycles. The zero-order valence-electron chi connectivity index (χ0n) is 17.4. The van der Waals surface area contributed by atoms with Crippen molar-refractivity contribution in [2.24, 2.45) is 0 Å². The maximum Gasteiger partial charge on any atom is 0.319 e. The van der Waals surface area contributed by atoms with Gasteiger partial charge in [-0.2, -0.15) is 0 Å². The zero-order chi connectivity index (χ0) is 21.9. The topological polar surface area (TPSA) is 118 Å². The zero-order valence-corrected chi connectivity index (χ0v) is 18.2. The van der Waals surface area contributed by atoms with E-state index in [-0.39, 0.29) is 17.0 Å². The summed E-state index contributed by atoms with van der Waals surface area (Å²) in [6.45, 7) is 8.15. The summed E-state index contributed by atoms with van der Waals surface area (Å²) in [5, 5.41) is 13.7. The van der Waals surface area contributed by atoms with Crippen molar-refractivity contribution in [2.45, 2.75) is 45.2 Å². The summed E-state index contributed by atoms with van der Waals surface area (Å²) in [5.74, 6) is 0. The van der Waals surface area contributed by atoms with E-state index < -0.39 is 10.0 Å². The molecule has 0 aliphatic heterocycles. The van der Waals surface area contributed by atoms with Gasteiger partial charge in [-0.25, -0.2) is 22.6 Å². The molecule has 0 aliphatic carbocycles. The molecule has 3 N–H and O–H groups in total. The summed E-state index contributed by atoms with van der Waals surface area (Å²) in [6.07, 6.45) is 0. The molecule has 30 heavy (non-hydrogen) atoms. The summed E-state index contributed by atoms with van der Waals surface area (Å²) in [4.78, 5) is 12.3. The smallest absolute Gasteiger partial charge is 0.319 e. The highest BCUT2D eigenvalue weighted by molar-refractivity contribution is 7.89. The molecule has 0 unspecified atom stereocenters. The number of nitrogens with one attached hydrogen (secondary N) is 3. The van der Waals surface area contributed by atoms with E-state index in [1.54, 1.807) is 24.6 Å². The third kappa shape index (κ3) is 5.14. The maximum atomic E-state index is 12.3. The second-order valence-corrected chi connectivity index (χ2v) is 9.15. The standard InChI is InChI=1S/C20H26N6O3S/c1-13(2)24-30(28,29)16-7-8-19-18(12-16)23-25-26(19)10-9-21-20(27)22-17-11-14(3)5-6-15(17)4/h5-8,11-13,24H,9-10H2,1-4H3,(H2,21,22,27). The molecule has 1 heterocycles. The van der Waals surface area contributed by atoms with Crippen LogP contribution in [0.3, 0.4) is 0 Å². The van der Waals surface area contributed by atoms with Gasteiger partial charge in [-0.15, -0.1) is 5.10 Å². The lowest BCUT2D eigenvalue weighted by atomic mass is 10.1. The van der Waals surface area contributed by atoms with Gasteiger partial charge >= 0.3 is 6.03 Å². The normalized spacial score (nSPS) is 11.8. The second-order valence-electron chi connectivity index (χ2n) is 7.44. The molecule has 160 valence electrons. The van der Waals surface area contributed by atoms with Crippen LogP contribution in [0.25, 0.3) is 11.0 Å². The minimum atomic E-state index is -3.60. The van der Waals surface area contributed by atoms with Crippen LogP contribution in [0.5, 0.6) is 0 Å². The quantitative estimate of drug-likeness (QED) is 0.532. The molecule has 10 heteroatoms. The highest BCUT2D eigenvalue weighted by Crippen LogP contribution is 2.18. The Morgan fingerprint density at radius 3 is 2.63 bits per heavy atom. The molecule has 3 aromatic rings. The van der Waals surface area contributed by atoms with Gasteiger partial charge in [0.25, 0.3) is 0 Å². The number of amides is 2. The molecule has 0 radical (unpaired) electrons. The second kappa shape index (κ2) is 8.80. The summed E-state index contributed by atoms with van der Waals surface area (Å²) < 4.78 is 28.8. The molecule has 1 aromatic heterocycles. The number of hydrogen-bond acceptors (Lipinski definition) is 5. The van der Waals surface area contributed by atoms with Crippen LogP contribution in [0.15, 0.2) is 41.3 Å². The Morgan fingerprint density at radius 1 is 1.13 bits per heavy atom. The number of aryl methyl sites for hydroxylation is 2. The van der Waals surface area contributed by atoms with Crippen LogP contribution in [0.4, 0.5) is 10.5 Å². The predicted octanol–water partition coefficient (Wildman–Crippen LogP) is 2.56. The molecule has 9 nitrogen and oxygen atoms in total. The lowest BCUT2D eigenvalue weighted by molar-refractivity contribution is 0.251. The number of sulfonamides is 1. The monoisotopic (exact) mass is 430 g/mol. The van der Waals surface area contributed by atoms with E-state index >= 15 is 0 Å². The van der Waals surface area contributed by atoms with E-state index in [4.69, 9.17) is 0 Å². The lowest BCUT2D eigenvalue weighted by Gasteiger charge is -2.11. The summed E-state index contributed by atoms with van der Waals surface area (Å²) in [6, 6.07) is 10.0. The molecular formula is C20H26N6O3S. The van der Waals surface area contributed by atoms with E-state index in [2.05, 4.69) is 25.7 Å². The molecule has 0 aliphatic rings. The number of carbonyl (C=O) groups is 1. The molecule has 2 amide bonds. The highest BCUT2D eigenvalue weighted by atomic mass is 32.2. The Hall–Kier alpha value is -2.98. The first-order chi connectivity index (χ1) is 14.2. The lowest BCUT2D eigenvalue weighted by Crippen LogP contribution is -2.32. The number of aromatic nitrogens is 3. The number of carbonyl (C=O) groups excluding carboxylic acids is 1. The average Bonchev–Trinajstić information content (AvgIpc) is 3.06. The minimum absolute atomic E-state index is 0.141. The molecule has 0 fully saturated rings. The van der Waals surface area contributed by atoms with Crippen molar-refractivity contribution < 1.29 is 13.2 Å². The van der Waals surface area contributed by atoms with Gasteiger partial charge in [0.1, 0.15) is 5.52 Å². The third-order valence-corrected chi connectivity index (χ3v) is 6.09. The first-order valence-electron chi connectivity index (χ1n) is 9.63. The minimum Gasteiger partial charge on any atom is -0.336 e. The fourth-order valence-electron chi connectivity index (χ4n) is 2.97. The highest BCUT2D eigenvalue weighted by Gasteiger charge is 2.17. The average molecular weight is 431 g/mol. The largest absolute Gasteiger partial charge is 0.336 e. The molecular weight excluding hydrogens is 404 g/mol. The molecule has 0 saturated carbocycles. The Balaban J connectivity index is 1.63. The SMILES string of the molecule is Cc1ccc(C)c(NC(=O)NCCn2nnc3cc(S(=O)(=O)NC(C)C)ccc32)c1.